The zero-order valence-corrected chi connectivity index (χ0v) is 11.0. The van der Waals surface area contributed by atoms with E-state index in [9.17, 15) is 9.59 Å². The number of aromatic carboxylic acids is 1. The summed E-state index contributed by atoms with van der Waals surface area (Å²) in [7, 11) is 0. The first kappa shape index (κ1) is 13.7. The van der Waals surface area contributed by atoms with Crippen LogP contribution < -0.4 is 5.32 Å². The van der Waals surface area contributed by atoms with Gasteiger partial charge in [0.05, 0.1) is 5.56 Å². The van der Waals surface area contributed by atoms with Gasteiger partial charge in [0.15, 0.2) is 0 Å². The second kappa shape index (κ2) is 5.97. The molecule has 1 aromatic carbocycles. The van der Waals surface area contributed by atoms with Gasteiger partial charge in [0.25, 0.3) is 5.91 Å². The summed E-state index contributed by atoms with van der Waals surface area (Å²) >= 11 is 0. The van der Waals surface area contributed by atoms with Crippen LogP contribution in [0.4, 0.5) is 0 Å². The molecule has 0 unspecified atom stereocenters. The monoisotopic (exact) mass is 270 g/mol. The van der Waals surface area contributed by atoms with E-state index in [1.165, 1.54) is 12.1 Å². The summed E-state index contributed by atoms with van der Waals surface area (Å²) in [6.07, 6.45) is 1.59. The minimum Gasteiger partial charge on any atom is -0.478 e. The topological polar surface area (TPSA) is 79.3 Å². The molecule has 0 radical (unpaired) electrons. The van der Waals surface area contributed by atoms with Gasteiger partial charge >= 0.3 is 5.97 Å². The van der Waals surface area contributed by atoms with Gasteiger partial charge in [-0.3, -0.25) is 9.78 Å². The van der Waals surface area contributed by atoms with Crippen molar-refractivity contribution in [3.8, 4) is 0 Å². The van der Waals surface area contributed by atoms with Crippen molar-refractivity contribution >= 4 is 11.9 Å². The van der Waals surface area contributed by atoms with Crippen molar-refractivity contribution in [3.63, 3.8) is 0 Å². The van der Waals surface area contributed by atoms with Gasteiger partial charge in [0.1, 0.15) is 0 Å². The van der Waals surface area contributed by atoms with Crippen LogP contribution in [-0.4, -0.2) is 22.0 Å². The van der Waals surface area contributed by atoms with Crippen LogP contribution >= 0.6 is 0 Å². The van der Waals surface area contributed by atoms with Gasteiger partial charge < -0.3 is 10.4 Å². The number of aryl methyl sites for hydroxylation is 1. The van der Waals surface area contributed by atoms with Gasteiger partial charge in [0.2, 0.25) is 0 Å². The Bertz CT molecular complexity index is 636. The normalized spacial score (nSPS) is 10.1. The van der Waals surface area contributed by atoms with Gasteiger partial charge in [-0.1, -0.05) is 12.1 Å². The fraction of sp³-hybridized carbons (Fsp3) is 0.133. The lowest BCUT2D eigenvalue weighted by Crippen LogP contribution is -2.22. The fourth-order valence-corrected chi connectivity index (χ4v) is 1.74. The summed E-state index contributed by atoms with van der Waals surface area (Å²) in [4.78, 5) is 26.7. The zero-order valence-electron chi connectivity index (χ0n) is 11.0. The maximum Gasteiger partial charge on any atom is 0.335 e. The van der Waals surface area contributed by atoms with Crippen molar-refractivity contribution in [2.45, 2.75) is 13.5 Å². The minimum atomic E-state index is -0.965. The van der Waals surface area contributed by atoms with Crippen molar-refractivity contribution in [2.24, 2.45) is 0 Å². The van der Waals surface area contributed by atoms with Crippen LogP contribution in [0.2, 0.25) is 0 Å². The Morgan fingerprint density at radius 2 is 1.85 bits per heavy atom. The number of carboxylic acid groups (broad SMARTS) is 1. The van der Waals surface area contributed by atoms with Crippen LogP contribution in [0.1, 0.15) is 32.0 Å². The summed E-state index contributed by atoms with van der Waals surface area (Å²) in [5.41, 5.74) is 2.40. The molecule has 2 rings (SSSR count). The predicted molar refractivity (Wildman–Crippen MR) is 73.5 cm³/mol. The highest BCUT2D eigenvalue weighted by molar-refractivity contribution is 5.94. The van der Waals surface area contributed by atoms with Gasteiger partial charge in [0, 0.05) is 24.0 Å². The van der Waals surface area contributed by atoms with E-state index in [1.54, 1.807) is 30.5 Å². The molecule has 0 aliphatic heterocycles. The number of carboxylic acids is 1. The van der Waals surface area contributed by atoms with Crippen LogP contribution in [0.3, 0.4) is 0 Å². The molecule has 2 N–H and O–H groups in total. The van der Waals surface area contributed by atoms with E-state index in [-0.39, 0.29) is 11.5 Å². The predicted octanol–water partition coefficient (Wildman–Crippen LogP) is 2.02. The number of hydrogen-bond donors (Lipinski definition) is 2. The molecule has 0 aliphatic rings. The molecule has 2 aromatic rings. The van der Waals surface area contributed by atoms with E-state index in [0.29, 0.717) is 12.1 Å². The Morgan fingerprint density at radius 1 is 1.15 bits per heavy atom. The highest BCUT2D eigenvalue weighted by Gasteiger charge is 2.06. The Labute approximate surface area is 116 Å². The zero-order chi connectivity index (χ0) is 14.5. The number of amides is 1. The number of nitrogens with zero attached hydrogens (tertiary/aromatic N) is 1. The summed E-state index contributed by atoms with van der Waals surface area (Å²) in [6, 6.07) is 9.75. The highest BCUT2D eigenvalue weighted by atomic mass is 16.4. The van der Waals surface area contributed by atoms with Crippen LogP contribution in [-0.2, 0) is 6.54 Å². The quantitative estimate of drug-likeness (QED) is 0.890. The lowest BCUT2D eigenvalue weighted by molar-refractivity contribution is 0.0696. The standard InChI is InChI=1S/C15H14N2O3/c1-10-8-13(6-7-16-10)14(18)17-9-11-2-4-12(5-3-11)15(19)20/h2-8H,9H2,1H3,(H,17,18)(H,19,20). The molecule has 0 saturated carbocycles. The number of carbonyl (C=O) groups is 2. The molecule has 20 heavy (non-hydrogen) atoms. The lowest BCUT2D eigenvalue weighted by Gasteiger charge is -2.06. The first-order chi connectivity index (χ1) is 9.56. The molecule has 0 aliphatic carbocycles. The Balaban J connectivity index is 1.98. The molecule has 5 nitrogen and oxygen atoms in total. The summed E-state index contributed by atoms with van der Waals surface area (Å²) in [6.45, 7) is 2.17. The Morgan fingerprint density at radius 3 is 2.45 bits per heavy atom. The number of aromatic nitrogens is 1. The lowest BCUT2D eigenvalue weighted by atomic mass is 10.1. The molecule has 0 fully saturated rings. The first-order valence-electron chi connectivity index (χ1n) is 6.09. The molecule has 5 heteroatoms. The number of nitrogens with one attached hydrogen (secondary N) is 1. The van der Waals surface area contributed by atoms with Gasteiger partial charge in [-0.15, -0.1) is 0 Å². The van der Waals surface area contributed by atoms with E-state index in [1.807, 2.05) is 6.92 Å². The van der Waals surface area contributed by atoms with Crippen molar-refractivity contribution < 1.29 is 14.7 Å². The van der Waals surface area contributed by atoms with Crippen LogP contribution in [0, 0.1) is 6.92 Å². The third-order valence-electron chi connectivity index (χ3n) is 2.81. The van der Waals surface area contributed by atoms with E-state index in [2.05, 4.69) is 10.3 Å². The number of pyridine rings is 1. The number of carbonyl (C=O) groups excluding carboxylic acids is 1. The fourth-order valence-electron chi connectivity index (χ4n) is 1.74. The highest BCUT2D eigenvalue weighted by Crippen LogP contribution is 2.05. The van der Waals surface area contributed by atoms with Crippen molar-refractivity contribution in [1.82, 2.24) is 10.3 Å². The number of rotatable bonds is 4. The molecule has 0 atom stereocenters. The summed E-state index contributed by atoms with van der Waals surface area (Å²) in [5.74, 6) is -1.15. The molecule has 102 valence electrons. The summed E-state index contributed by atoms with van der Waals surface area (Å²) < 4.78 is 0. The Hall–Kier alpha value is -2.69. The maximum atomic E-state index is 11.9. The summed E-state index contributed by atoms with van der Waals surface area (Å²) in [5, 5.41) is 11.6. The largest absolute Gasteiger partial charge is 0.478 e. The second-order valence-electron chi connectivity index (χ2n) is 4.37. The SMILES string of the molecule is Cc1cc(C(=O)NCc2ccc(C(=O)O)cc2)ccn1. The molecule has 0 bridgehead atoms. The van der Waals surface area contributed by atoms with Crippen molar-refractivity contribution in [1.29, 1.82) is 0 Å². The maximum absolute atomic E-state index is 11.9. The molecular formula is C15H14N2O3. The number of benzene rings is 1. The minimum absolute atomic E-state index is 0.183. The van der Waals surface area contributed by atoms with Crippen LogP contribution in [0.5, 0.6) is 0 Å². The molecular weight excluding hydrogens is 256 g/mol. The second-order valence-corrected chi connectivity index (χ2v) is 4.37. The molecule has 1 amide bonds. The van der Waals surface area contributed by atoms with E-state index < -0.39 is 5.97 Å². The Kier molecular flexibility index (Phi) is 4.10. The number of hydrogen-bond acceptors (Lipinski definition) is 3. The van der Waals surface area contributed by atoms with Crippen molar-refractivity contribution in [3.05, 3.63) is 65.0 Å². The van der Waals surface area contributed by atoms with E-state index in [4.69, 9.17) is 5.11 Å². The molecule has 1 aromatic heterocycles. The third-order valence-corrected chi connectivity index (χ3v) is 2.81. The third kappa shape index (κ3) is 3.41. The van der Waals surface area contributed by atoms with E-state index in [0.717, 1.165) is 11.3 Å². The van der Waals surface area contributed by atoms with Gasteiger partial charge in [-0.25, -0.2) is 4.79 Å². The van der Waals surface area contributed by atoms with Crippen LogP contribution in [0.15, 0.2) is 42.6 Å². The molecule has 0 spiro atoms. The van der Waals surface area contributed by atoms with E-state index >= 15 is 0 Å². The molecule has 0 saturated heterocycles. The van der Waals surface area contributed by atoms with Gasteiger partial charge in [-0.05, 0) is 36.8 Å². The van der Waals surface area contributed by atoms with Crippen LogP contribution in [0.25, 0.3) is 0 Å². The first-order valence-corrected chi connectivity index (χ1v) is 6.09. The smallest absolute Gasteiger partial charge is 0.335 e. The average molecular weight is 270 g/mol. The molecule has 1 heterocycles. The van der Waals surface area contributed by atoms with Crippen molar-refractivity contribution in [2.75, 3.05) is 0 Å². The average Bonchev–Trinajstić information content (AvgIpc) is 2.45. The van der Waals surface area contributed by atoms with Gasteiger partial charge in [-0.2, -0.15) is 0 Å².